The van der Waals surface area contributed by atoms with Crippen LogP contribution in [0.25, 0.3) is 0 Å². The lowest BCUT2D eigenvalue weighted by atomic mass is 10.00. The van der Waals surface area contributed by atoms with Crippen LogP contribution in [0.4, 0.5) is 0 Å². The maximum atomic E-state index is 12.8. The van der Waals surface area contributed by atoms with Crippen LogP contribution in [0.5, 0.6) is 0 Å². The average molecular weight is 927 g/mol. The number of carbonyl (C=O) groups excluding carboxylic acids is 2. The summed E-state index contributed by atoms with van der Waals surface area (Å²) < 4.78 is 54.1. The molecule has 0 aromatic heterocycles. The molecular formula is C51H90O12S. The first-order chi connectivity index (χ1) is 31.0. The van der Waals surface area contributed by atoms with Crippen molar-refractivity contribution in [1.82, 2.24) is 0 Å². The Hall–Kier alpha value is -2.39. The third-order valence-corrected chi connectivity index (χ3v) is 12.2. The quantitative estimate of drug-likeness (QED) is 0.0197. The van der Waals surface area contributed by atoms with Gasteiger partial charge >= 0.3 is 11.9 Å². The maximum Gasteiger partial charge on any atom is 0.306 e. The maximum absolute atomic E-state index is 12.8. The van der Waals surface area contributed by atoms with Crippen LogP contribution in [0, 0.1) is 0 Å². The second-order valence-electron chi connectivity index (χ2n) is 17.5. The van der Waals surface area contributed by atoms with E-state index in [0.29, 0.717) is 19.3 Å². The van der Waals surface area contributed by atoms with E-state index in [0.717, 1.165) is 44.9 Å². The van der Waals surface area contributed by atoms with E-state index in [1.54, 1.807) is 0 Å². The zero-order valence-electron chi connectivity index (χ0n) is 39.9. The number of esters is 2. The summed E-state index contributed by atoms with van der Waals surface area (Å²) in [6.07, 6.45) is 40.2. The van der Waals surface area contributed by atoms with E-state index in [1.165, 1.54) is 116 Å². The molecule has 4 N–H and O–H groups in total. The number of allylic oxidation sites excluding steroid dienone is 8. The molecule has 1 heterocycles. The van der Waals surface area contributed by atoms with Crippen molar-refractivity contribution in [3.05, 3.63) is 48.6 Å². The van der Waals surface area contributed by atoms with Crippen LogP contribution in [0.3, 0.4) is 0 Å². The molecule has 0 radical (unpaired) electrons. The Morgan fingerprint density at radius 3 is 1.44 bits per heavy atom. The normalized spacial score (nSPS) is 20.0. The number of hydrogen-bond donors (Lipinski definition) is 4. The summed E-state index contributed by atoms with van der Waals surface area (Å²) in [7, 11) is -4.61. The number of rotatable bonds is 42. The van der Waals surface area contributed by atoms with Crippen molar-refractivity contribution in [3.63, 3.8) is 0 Å². The highest BCUT2D eigenvalue weighted by atomic mass is 32.2. The summed E-state index contributed by atoms with van der Waals surface area (Å²) in [4.78, 5) is 25.5. The molecule has 0 aromatic rings. The van der Waals surface area contributed by atoms with E-state index < -0.39 is 71.2 Å². The molecule has 0 aromatic carbocycles. The minimum atomic E-state index is -4.61. The number of aliphatic hydroxyl groups is 3. The fourth-order valence-corrected chi connectivity index (χ4v) is 8.18. The van der Waals surface area contributed by atoms with Gasteiger partial charge in [0.25, 0.3) is 10.1 Å². The van der Waals surface area contributed by atoms with Crippen molar-refractivity contribution in [3.8, 4) is 0 Å². The average Bonchev–Trinajstić information content (AvgIpc) is 3.26. The van der Waals surface area contributed by atoms with E-state index >= 15 is 0 Å². The molecule has 0 saturated carbocycles. The van der Waals surface area contributed by atoms with E-state index in [4.69, 9.17) is 18.9 Å². The molecule has 0 bridgehead atoms. The summed E-state index contributed by atoms with van der Waals surface area (Å²) in [5.74, 6) is -2.05. The summed E-state index contributed by atoms with van der Waals surface area (Å²) in [6.45, 7) is 3.73. The monoisotopic (exact) mass is 927 g/mol. The Labute approximate surface area is 388 Å². The second-order valence-corrected chi connectivity index (χ2v) is 19.0. The van der Waals surface area contributed by atoms with E-state index in [1.807, 2.05) is 12.2 Å². The van der Waals surface area contributed by atoms with Crippen LogP contribution in [0.15, 0.2) is 48.6 Å². The highest BCUT2D eigenvalue weighted by molar-refractivity contribution is 7.85. The smallest absolute Gasteiger partial charge is 0.306 e. The molecule has 372 valence electrons. The van der Waals surface area contributed by atoms with Gasteiger partial charge in [-0.25, -0.2) is 0 Å². The van der Waals surface area contributed by atoms with Gasteiger partial charge in [-0.3, -0.25) is 14.1 Å². The van der Waals surface area contributed by atoms with Crippen LogP contribution in [-0.2, 0) is 38.7 Å². The SMILES string of the molecule is CCCCCCCCC/C=C/C/C=C/C/C=C/C/C=C/CCCC(=O)O[C@H](COC(=O)CCCCCCCCCCCCCCCCC)CO[C@H]1O[C@H](CS(=O)(=O)O)[C@@H](O)C(O)C1O. The zero-order valence-corrected chi connectivity index (χ0v) is 40.7. The topological polar surface area (TPSA) is 186 Å². The van der Waals surface area contributed by atoms with Gasteiger partial charge in [-0.1, -0.05) is 191 Å². The highest BCUT2D eigenvalue weighted by Gasteiger charge is 2.46. The number of unbranched alkanes of at least 4 members (excludes halogenated alkanes) is 22. The lowest BCUT2D eigenvalue weighted by molar-refractivity contribution is -0.297. The van der Waals surface area contributed by atoms with Gasteiger partial charge < -0.3 is 34.3 Å². The second kappa shape index (κ2) is 40.8. The Morgan fingerprint density at radius 1 is 0.531 bits per heavy atom. The van der Waals surface area contributed by atoms with Gasteiger partial charge in [0, 0.05) is 12.8 Å². The van der Waals surface area contributed by atoms with Gasteiger partial charge in [-0.2, -0.15) is 8.42 Å². The number of aliphatic hydroxyl groups excluding tert-OH is 3. The van der Waals surface area contributed by atoms with Crippen molar-refractivity contribution < 1.29 is 56.8 Å². The van der Waals surface area contributed by atoms with Gasteiger partial charge in [0.2, 0.25) is 0 Å². The lowest BCUT2D eigenvalue weighted by Crippen LogP contribution is -2.60. The summed E-state index contributed by atoms with van der Waals surface area (Å²) >= 11 is 0. The molecule has 64 heavy (non-hydrogen) atoms. The molecule has 6 atom stereocenters. The Morgan fingerprint density at radius 2 is 0.953 bits per heavy atom. The molecule has 0 aliphatic carbocycles. The molecule has 1 fully saturated rings. The van der Waals surface area contributed by atoms with E-state index in [2.05, 4.69) is 50.3 Å². The largest absolute Gasteiger partial charge is 0.462 e. The standard InChI is InChI=1S/C51H90O12S/c1-3-5-7-9-11-13-15-17-19-20-21-22-23-24-26-28-30-32-34-36-38-40-47(53)62-44(42-61-51-50(56)49(55)48(54)45(63-51)43-64(57,58)59)41-60-46(52)39-37-35-33-31-29-27-25-18-16-14-12-10-8-6-4-2/h19-20,22-23,26,28,32,34,44-45,48-51,54-56H,3-18,21,24-25,27,29-31,33,35-43H2,1-2H3,(H,57,58,59)/b20-19+,23-22+,28-26+,34-32+/t44-,45-,48-,49?,50?,51+/m1/s1. The first-order valence-electron chi connectivity index (χ1n) is 25.2. The molecule has 12 nitrogen and oxygen atoms in total. The minimum Gasteiger partial charge on any atom is -0.462 e. The molecule has 1 aliphatic rings. The van der Waals surface area contributed by atoms with Gasteiger partial charge in [0.1, 0.15) is 36.8 Å². The van der Waals surface area contributed by atoms with Crippen LogP contribution >= 0.6 is 0 Å². The Kier molecular flexibility index (Phi) is 38.1. The van der Waals surface area contributed by atoms with Gasteiger partial charge in [-0.15, -0.1) is 0 Å². The number of hydrogen-bond acceptors (Lipinski definition) is 11. The molecule has 0 amide bonds. The molecule has 1 rings (SSSR count). The van der Waals surface area contributed by atoms with Crippen molar-refractivity contribution in [2.24, 2.45) is 0 Å². The van der Waals surface area contributed by atoms with Crippen molar-refractivity contribution in [2.45, 2.75) is 243 Å². The fourth-order valence-electron chi connectivity index (χ4n) is 7.49. The lowest BCUT2D eigenvalue weighted by Gasteiger charge is -2.40. The Balaban J connectivity index is 2.44. The molecular weight excluding hydrogens is 837 g/mol. The third-order valence-electron chi connectivity index (χ3n) is 11.4. The van der Waals surface area contributed by atoms with Crippen LogP contribution in [-0.4, -0.2) is 96.0 Å². The predicted molar refractivity (Wildman–Crippen MR) is 256 cm³/mol. The summed E-state index contributed by atoms with van der Waals surface area (Å²) in [5, 5.41) is 30.9. The number of ether oxygens (including phenoxy) is 4. The van der Waals surface area contributed by atoms with E-state index in [-0.39, 0.29) is 19.4 Å². The first-order valence-corrected chi connectivity index (χ1v) is 26.8. The fraction of sp³-hybridized carbons (Fsp3) is 0.804. The van der Waals surface area contributed by atoms with Gasteiger partial charge in [0.05, 0.1) is 6.61 Å². The van der Waals surface area contributed by atoms with Crippen LogP contribution in [0.1, 0.15) is 206 Å². The van der Waals surface area contributed by atoms with Crippen molar-refractivity contribution in [1.29, 1.82) is 0 Å². The van der Waals surface area contributed by atoms with Gasteiger partial charge in [0.15, 0.2) is 12.4 Å². The summed E-state index contributed by atoms with van der Waals surface area (Å²) in [6, 6.07) is 0. The first kappa shape index (κ1) is 59.6. The molecule has 0 spiro atoms. The third kappa shape index (κ3) is 34.9. The highest BCUT2D eigenvalue weighted by Crippen LogP contribution is 2.24. The molecule has 2 unspecified atom stereocenters. The van der Waals surface area contributed by atoms with Crippen LogP contribution < -0.4 is 0 Å². The molecule has 13 heteroatoms. The van der Waals surface area contributed by atoms with E-state index in [9.17, 15) is 37.9 Å². The van der Waals surface area contributed by atoms with Crippen molar-refractivity contribution >= 4 is 22.1 Å². The zero-order chi connectivity index (χ0) is 46.9. The van der Waals surface area contributed by atoms with Crippen molar-refractivity contribution in [2.75, 3.05) is 19.0 Å². The van der Waals surface area contributed by atoms with Crippen LogP contribution in [0.2, 0.25) is 0 Å². The Bertz CT molecular complexity index is 1360. The predicted octanol–water partition coefficient (Wildman–Crippen LogP) is 11.1. The summed E-state index contributed by atoms with van der Waals surface area (Å²) in [5.41, 5.74) is 0. The number of carbonyl (C=O) groups is 2. The van der Waals surface area contributed by atoms with Gasteiger partial charge in [-0.05, 0) is 51.4 Å². The molecule has 1 aliphatic heterocycles. The molecule has 1 saturated heterocycles. The minimum absolute atomic E-state index is 0.0892.